The molecule has 182 valence electrons. The molecule has 0 fully saturated rings. The molecule has 3 atom stereocenters. The molecule has 33 heavy (non-hydrogen) atoms. The molecule has 1 N–H and O–H groups in total. The van der Waals surface area contributed by atoms with Gasteiger partial charge < -0.3 is 9.84 Å². The van der Waals surface area contributed by atoms with Crippen LogP contribution in [-0.4, -0.2) is 10.7 Å². The Bertz CT molecular complexity index is 942. The van der Waals surface area contributed by atoms with Gasteiger partial charge in [-0.15, -0.1) is 0 Å². The fraction of sp³-hybridized carbons (Fsp3) is 0.613. The molecule has 3 rings (SSSR count). The minimum absolute atomic E-state index is 0.288. The monoisotopic (exact) mass is 450 g/mol. The van der Waals surface area contributed by atoms with Gasteiger partial charge in [0.25, 0.3) is 0 Å². The van der Waals surface area contributed by atoms with Gasteiger partial charge in [-0.05, 0) is 50.5 Å². The third kappa shape index (κ3) is 6.78. The number of phenolic OH excluding ortho intramolecular Hbond substituents is 1. The second-order valence-corrected chi connectivity index (χ2v) is 11.4. The zero-order chi connectivity index (χ0) is 24.0. The van der Waals surface area contributed by atoms with Crippen LogP contribution < -0.4 is 4.74 Å². The minimum Gasteiger partial charge on any atom is -0.507 e. The van der Waals surface area contributed by atoms with Crippen LogP contribution in [0.3, 0.4) is 0 Å². The summed E-state index contributed by atoms with van der Waals surface area (Å²) < 4.78 is 6.62. The molecule has 1 unspecified atom stereocenters. The molecule has 2 aromatic rings. The van der Waals surface area contributed by atoms with Gasteiger partial charge in [0.05, 0.1) is 0 Å². The molecule has 0 saturated carbocycles. The Morgan fingerprint density at radius 2 is 1.42 bits per heavy atom. The van der Waals surface area contributed by atoms with Gasteiger partial charge in [-0.25, -0.2) is 0 Å². The SMILES string of the molecule is Cc1c2c(c3ccccc3c1O)OC(C)(CCC[C@@H](C)CCC[C@@H](C)CCCC(C)C)C=C2. The molecule has 2 aromatic carbocycles. The molecule has 0 spiro atoms. The lowest BCUT2D eigenvalue weighted by atomic mass is 9.88. The predicted octanol–water partition coefficient (Wildman–Crippen LogP) is 9.46. The van der Waals surface area contributed by atoms with Crippen LogP contribution in [-0.2, 0) is 0 Å². The highest BCUT2D eigenvalue weighted by Gasteiger charge is 2.30. The van der Waals surface area contributed by atoms with E-state index in [-0.39, 0.29) is 5.60 Å². The number of hydrogen-bond acceptors (Lipinski definition) is 2. The third-order valence-electron chi connectivity index (χ3n) is 7.61. The average molecular weight is 451 g/mol. The summed E-state index contributed by atoms with van der Waals surface area (Å²) in [5, 5.41) is 12.5. The molecule has 0 radical (unpaired) electrons. The largest absolute Gasteiger partial charge is 0.507 e. The molecule has 1 aliphatic rings. The van der Waals surface area contributed by atoms with Crippen molar-refractivity contribution < 1.29 is 9.84 Å². The second kappa shape index (κ2) is 11.4. The van der Waals surface area contributed by atoms with Crippen molar-refractivity contribution in [2.45, 2.75) is 105 Å². The first-order chi connectivity index (χ1) is 15.7. The Morgan fingerprint density at radius 3 is 2.06 bits per heavy atom. The molecule has 0 bridgehead atoms. The van der Waals surface area contributed by atoms with Crippen molar-refractivity contribution >= 4 is 16.8 Å². The summed E-state index contributed by atoms with van der Waals surface area (Å²) >= 11 is 0. The van der Waals surface area contributed by atoms with Crippen LogP contribution >= 0.6 is 0 Å². The lowest BCUT2D eigenvalue weighted by Gasteiger charge is -2.33. The summed E-state index contributed by atoms with van der Waals surface area (Å²) in [5.41, 5.74) is 1.62. The summed E-state index contributed by atoms with van der Waals surface area (Å²) in [4.78, 5) is 0. The maximum atomic E-state index is 10.6. The van der Waals surface area contributed by atoms with Crippen molar-refractivity contribution in [1.29, 1.82) is 0 Å². The summed E-state index contributed by atoms with van der Waals surface area (Å²) in [6.45, 7) is 13.7. The normalized spacial score (nSPS) is 19.5. The summed E-state index contributed by atoms with van der Waals surface area (Å²) in [6.07, 6.45) is 16.0. The third-order valence-corrected chi connectivity index (χ3v) is 7.61. The zero-order valence-corrected chi connectivity index (χ0v) is 21.9. The lowest BCUT2D eigenvalue weighted by Crippen LogP contribution is -2.32. The van der Waals surface area contributed by atoms with E-state index < -0.39 is 0 Å². The number of aromatic hydroxyl groups is 1. The molecule has 2 heteroatoms. The number of ether oxygens (including phenoxy) is 1. The molecule has 1 aliphatic heterocycles. The van der Waals surface area contributed by atoms with E-state index in [0.717, 1.165) is 51.8 Å². The first kappa shape index (κ1) is 25.7. The van der Waals surface area contributed by atoms with Crippen LogP contribution in [0, 0.1) is 24.7 Å². The molecular weight excluding hydrogens is 404 g/mol. The van der Waals surface area contributed by atoms with Crippen LogP contribution in [0.15, 0.2) is 30.3 Å². The smallest absolute Gasteiger partial charge is 0.136 e. The highest BCUT2D eigenvalue weighted by Crippen LogP contribution is 2.45. The fourth-order valence-electron chi connectivity index (χ4n) is 5.28. The van der Waals surface area contributed by atoms with Gasteiger partial charge in [0.2, 0.25) is 0 Å². The van der Waals surface area contributed by atoms with Crippen molar-refractivity contribution in [2.75, 3.05) is 0 Å². The van der Waals surface area contributed by atoms with Crippen LogP contribution in [0.1, 0.15) is 104 Å². The van der Waals surface area contributed by atoms with Gasteiger partial charge in [-0.1, -0.05) is 103 Å². The Labute approximate surface area is 202 Å². The molecule has 0 amide bonds. The van der Waals surface area contributed by atoms with Crippen molar-refractivity contribution in [3.8, 4) is 11.5 Å². The highest BCUT2D eigenvalue weighted by atomic mass is 16.5. The maximum Gasteiger partial charge on any atom is 0.136 e. The first-order valence-corrected chi connectivity index (χ1v) is 13.3. The molecule has 0 aliphatic carbocycles. The van der Waals surface area contributed by atoms with E-state index in [0.29, 0.717) is 5.75 Å². The van der Waals surface area contributed by atoms with Crippen molar-refractivity contribution in [3.63, 3.8) is 0 Å². The standard InChI is InChI=1S/C31H46O2/c1-22(2)12-9-13-23(3)14-10-15-24(4)16-11-20-31(6)21-19-26-25(5)29(32)27-17-7-8-18-28(27)30(26)33-31/h7-8,17-19,21-24,32H,9-16,20H2,1-6H3/t23-,24-,31?/m0/s1. The van der Waals surface area contributed by atoms with Gasteiger partial charge in [0.1, 0.15) is 17.1 Å². The maximum absolute atomic E-state index is 10.6. The number of benzene rings is 2. The Balaban J connectivity index is 1.48. The Hall–Kier alpha value is -1.96. The minimum atomic E-state index is -0.288. The van der Waals surface area contributed by atoms with E-state index in [1.54, 1.807) is 0 Å². The number of fused-ring (bicyclic) bond motifs is 3. The lowest BCUT2D eigenvalue weighted by molar-refractivity contribution is 0.124. The average Bonchev–Trinajstić information content (AvgIpc) is 2.77. The van der Waals surface area contributed by atoms with E-state index in [2.05, 4.69) is 52.8 Å². The molecular formula is C31H46O2. The van der Waals surface area contributed by atoms with Crippen LogP contribution in [0.5, 0.6) is 11.5 Å². The molecule has 0 aromatic heterocycles. The Morgan fingerprint density at radius 1 is 0.848 bits per heavy atom. The van der Waals surface area contributed by atoms with Gasteiger partial charge in [-0.3, -0.25) is 0 Å². The van der Waals surface area contributed by atoms with E-state index in [4.69, 9.17) is 4.74 Å². The van der Waals surface area contributed by atoms with E-state index in [1.165, 1.54) is 51.4 Å². The fourth-order valence-corrected chi connectivity index (χ4v) is 5.28. The quantitative estimate of drug-likeness (QED) is 0.349. The van der Waals surface area contributed by atoms with Crippen LogP contribution in [0.25, 0.3) is 16.8 Å². The zero-order valence-electron chi connectivity index (χ0n) is 21.9. The van der Waals surface area contributed by atoms with Gasteiger partial charge in [0, 0.05) is 21.9 Å². The topological polar surface area (TPSA) is 29.5 Å². The van der Waals surface area contributed by atoms with Gasteiger partial charge in [0.15, 0.2) is 0 Å². The number of rotatable bonds is 12. The predicted molar refractivity (Wildman–Crippen MR) is 143 cm³/mol. The molecule has 1 heterocycles. The summed E-state index contributed by atoms with van der Waals surface area (Å²) in [6, 6.07) is 8.02. The van der Waals surface area contributed by atoms with E-state index in [1.807, 2.05) is 25.1 Å². The summed E-state index contributed by atoms with van der Waals surface area (Å²) in [5.74, 6) is 3.77. The van der Waals surface area contributed by atoms with Crippen molar-refractivity contribution in [1.82, 2.24) is 0 Å². The number of hydrogen-bond donors (Lipinski definition) is 1. The first-order valence-electron chi connectivity index (χ1n) is 13.3. The molecule has 0 saturated heterocycles. The Kier molecular flexibility index (Phi) is 8.90. The second-order valence-electron chi connectivity index (χ2n) is 11.4. The van der Waals surface area contributed by atoms with Crippen LogP contribution in [0.2, 0.25) is 0 Å². The van der Waals surface area contributed by atoms with Crippen molar-refractivity contribution in [2.24, 2.45) is 17.8 Å². The van der Waals surface area contributed by atoms with Gasteiger partial charge in [-0.2, -0.15) is 0 Å². The van der Waals surface area contributed by atoms with E-state index >= 15 is 0 Å². The van der Waals surface area contributed by atoms with E-state index in [9.17, 15) is 5.11 Å². The van der Waals surface area contributed by atoms with Crippen molar-refractivity contribution in [3.05, 3.63) is 41.5 Å². The highest BCUT2D eigenvalue weighted by molar-refractivity contribution is 5.98. The van der Waals surface area contributed by atoms with Crippen LogP contribution in [0.4, 0.5) is 0 Å². The summed E-state index contributed by atoms with van der Waals surface area (Å²) in [7, 11) is 0. The van der Waals surface area contributed by atoms with Gasteiger partial charge >= 0.3 is 0 Å². The number of phenols is 1. The molecule has 2 nitrogen and oxygen atoms in total.